The lowest BCUT2D eigenvalue weighted by Crippen LogP contribution is -2.38. The monoisotopic (exact) mass is 353 g/mol. The lowest BCUT2D eigenvalue weighted by atomic mass is 10.2. The summed E-state index contributed by atoms with van der Waals surface area (Å²) in [6.45, 7) is 1.52. The Labute approximate surface area is 120 Å². The van der Waals surface area contributed by atoms with Crippen molar-refractivity contribution >= 4 is 37.3 Å². The molecule has 0 radical (unpaired) electrons. The quantitative estimate of drug-likeness (QED) is 0.835. The third-order valence-electron chi connectivity index (χ3n) is 3.05. The Morgan fingerprint density at radius 1 is 1.50 bits per heavy atom. The molecule has 0 bridgehead atoms. The van der Waals surface area contributed by atoms with Gasteiger partial charge in [0.1, 0.15) is 0 Å². The van der Waals surface area contributed by atoms with Crippen molar-refractivity contribution < 1.29 is 13.2 Å². The molecule has 0 aromatic carbocycles. The van der Waals surface area contributed by atoms with Gasteiger partial charge in [-0.3, -0.25) is 0 Å². The highest BCUT2D eigenvalue weighted by molar-refractivity contribution is 9.11. The Balaban J connectivity index is 2.04. The third kappa shape index (κ3) is 3.33. The minimum atomic E-state index is -3.21. The zero-order valence-corrected chi connectivity index (χ0v) is 13.4. The standard InChI is InChI=1S/C11H16BrNO3S2/c1-13(7-9-6-11(12)17-8-9)18(14,15)10-2-4-16-5-3-10/h6,8,10H,2-5,7H2,1H3. The molecular weight excluding hydrogens is 338 g/mol. The van der Waals surface area contributed by atoms with Gasteiger partial charge in [0, 0.05) is 26.8 Å². The second kappa shape index (κ2) is 6.00. The molecule has 0 amide bonds. The summed E-state index contributed by atoms with van der Waals surface area (Å²) < 4.78 is 32.4. The molecular formula is C11H16BrNO3S2. The van der Waals surface area contributed by atoms with E-state index in [0.717, 1.165) is 9.35 Å². The molecule has 102 valence electrons. The van der Waals surface area contributed by atoms with Crippen molar-refractivity contribution in [1.82, 2.24) is 4.31 Å². The molecule has 18 heavy (non-hydrogen) atoms. The molecule has 1 saturated heterocycles. The van der Waals surface area contributed by atoms with Crippen molar-refractivity contribution in [3.63, 3.8) is 0 Å². The van der Waals surface area contributed by atoms with Gasteiger partial charge in [-0.2, -0.15) is 0 Å². The van der Waals surface area contributed by atoms with Crippen molar-refractivity contribution in [1.29, 1.82) is 0 Å². The Morgan fingerprint density at radius 3 is 2.72 bits per heavy atom. The fourth-order valence-corrected chi connectivity index (χ4v) is 4.83. The summed E-state index contributed by atoms with van der Waals surface area (Å²) in [5.41, 5.74) is 1.02. The first-order valence-electron chi connectivity index (χ1n) is 5.76. The molecule has 0 saturated carbocycles. The van der Waals surface area contributed by atoms with Gasteiger partial charge in [0.15, 0.2) is 0 Å². The van der Waals surface area contributed by atoms with Crippen LogP contribution in [0.2, 0.25) is 0 Å². The van der Waals surface area contributed by atoms with Crippen LogP contribution in [0.4, 0.5) is 0 Å². The van der Waals surface area contributed by atoms with E-state index in [2.05, 4.69) is 15.9 Å². The maximum Gasteiger partial charge on any atom is 0.217 e. The largest absolute Gasteiger partial charge is 0.381 e. The van der Waals surface area contributed by atoms with E-state index in [-0.39, 0.29) is 5.25 Å². The summed E-state index contributed by atoms with van der Waals surface area (Å²) in [4.78, 5) is 0. The molecule has 1 aromatic rings. The molecule has 7 heteroatoms. The first-order chi connectivity index (χ1) is 8.50. The van der Waals surface area contributed by atoms with Gasteiger partial charge in [0.2, 0.25) is 10.0 Å². The van der Waals surface area contributed by atoms with Crippen molar-refractivity contribution in [3.05, 3.63) is 20.8 Å². The molecule has 1 aliphatic heterocycles. The van der Waals surface area contributed by atoms with E-state index in [1.165, 1.54) is 4.31 Å². The van der Waals surface area contributed by atoms with Crippen LogP contribution in [-0.4, -0.2) is 38.2 Å². The van der Waals surface area contributed by atoms with Crippen LogP contribution in [0.5, 0.6) is 0 Å². The normalized spacial score (nSPS) is 18.4. The third-order valence-corrected chi connectivity index (χ3v) is 6.92. The summed E-state index contributed by atoms with van der Waals surface area (Å²) in [5.74, 6) is 0. The van der Waals surface area contributed by atoms with E-state index in [1.807, 2.05) is 11.4 Å². The molecule has 1 aliphatic rings. The van der Waals surface area contributed by atoms with Gasteiger partial charge in [-0.15, -0.1) is 11.3 Å². The maximum atomic E-state index is 12.4. The van der Waals surface area contributed by atoms with Crippen molar-refractivity contribution in [2.75, 3.05) is 20.3 Å². The molecule has 0 aliphatic carbocycles. The van der Waals surface area contributed by atoms with Crippen LogP contribution >= 0.6 is 27.3 Å². The highest BCUT2D eigenvalue weighted by atomic mass is 79.9. The zero-order chi connectivity index (χ0) is 13.2. The van der Waals surface area contributed by atoms with Gasteiger partial charge in [-0.1, -0.05) is 0 Å². The molecule has 1 aromatic heterocycles. The van der Waals surface area contributed by atoms with Crippen LogP contribution < -0.4 is 0 Å². The van der Waals surface area contributed by atoms with Crippen LogP contribution in [0.1, 0.15) is 18.4 Å². The van der Waals surface area contributed by atoms with Gasteiger partial charge in [0.05, 0.1) is 9.04 Å². The van der Waals surface area contributed by atoms with E-state index in [0.29, 0.717) is 32.6 Å². The fourth-order valence-electron chi connectivity index (χ4n) is 2.00. The summed E-state index contributed by atoms with van der Waals surface area (Å²) in [5, 5.41) is 1.68. The number of hydrogen-bond donors (Lipinski definition) is 0. The molecule has 2 heterocycles. The lowest BCUT2D eigenvalue weighted by Gasteiger charge is -2.27. The number of nitrogens with zero attached hydrogens (tertiary/aromatic N) is 1. The Bertz CT molecular complexity index is 494. The second-order valence-electron chi connectivity index (χ2n) is 4.37. The summed E-state index contributed by atoms with van der Waals surface area (Å²) >= 11 is 4.95. The molecule has 4 nitrogen and oxygen atoms in total. The van der Waals surface area contributed by atoms with Gasteiger partial charge in [0.25, 0.3) is 0 Å². The smallest absolute Gasteiger partial charge is 0.217 e. The SMILES string of the molecule is CN(Cc1csc(Br)c1)S(=O)(=O)C1CCOCC1. The molecule has 0 unspecified atom stereocenters. The van der Waals surface area contributed by atoms with Gasteiger partial charge >= 0.3 is 0 Å². The minimum Gasteiger partial charge on any atom is -0.381 e. The second-order valence-corrected chi connectivity index (χ2v) is 8.98. The number of ether oxygens (including phenoxy) is 1. The van der Waals surface area contributed by atoms with Crippen molar-refractivity contribution in [2.24, 2.45) is 0 Å². The molecule has 1 fully saturated rings. The van der Waals surface area contributed by atoms with Crippen LogP contribution in [0.25, 0.3) is 0 Å². The van der Waals surface area contributed by atoms with Crippen molar-refractivity contribution in [3.8, 4) is 0 Å². The lowest BCUT2D eigenvalue weighted by molar-refractivity contribution is 0.0973. The Morgan fingerprint density at radius 2 is 2.17 bits per heavy atom. The Kier molecular flexibility index (Phi) is 4.82. The first-order valence-corrected chi connectivity index (χ1v) is 8.93. The van der Waals surface area contributed by atoms with E-state index in [1.54, 1.807) is 18.4 Å². The number of hydrogen-bond acceptors (Lipinski definition) is 4. The van der Waals surface area contributed by atoms with E-state index < -0.39 is 10.0 Å². The fraction of sp³-hybridized carbons (Fsp3) is 0.636. The number of rotatable bonds is 4. The highest BCUT2D eigenvalue weighted by Gasteiger charge is 2.31. The topological polar surface area (TPSA) is 46.6 Å². The zero-order valence-electron chi connectivity index (χ0n) is 10.1. The van der Waals surface area contributed by atoms with Gasteiger partial charge < -0.3 is 4.74 Å². The molecule has 0 atom stereocenters. The van der Waals surface area contributed by atoms with Crippen LogP contribution in [0.3, 0.4) is 0 Å². The van der Waals surface area contributed by atoms with Crippen molar-refractivity contribution in [2.45, 2.75) is 24.6 Å². The Hall–Kier alpha value is 0.0500. The highest BCUT2D eigenvalue weighted by Crippen LogP contribution is 2.24. The number of halogens is 1. The number of thiophene rings is 1. The van der Waals surface area contributed by atoms with Crippen LogP contribution in [0, 0.1) is 0 Å². The molecule has 0 N–H and O–H groups in total. The maximum absolute atomic E-state index is 12.4. The summed E-state index contributed by atoms with van der Waals surface area (Å²) in [6, 6.07) is 1.96. The van der Waals surface area contributed by atoms with E-state index >= 15 is 0 Å². The minimum absolute atomic E-state index is 0.293. The average molecular weight is 354 g/mol. The molecule has 2 rings (SSSR count). The van der Waals surface area contributed by atoms with Gasteiger partial charge in [-0.25, -0.2) is 12.7 Å². The predicted octanol–water partition coefficient (Wildman–Crippen LogP) is 2.45. The van der Waals surface area contributed by atoms with E-state index in [4.69, 9.17) is 4.74 Å². The van der Waals surface area contributed by atoms with E-state index in [9.17, 15) is 8.42 Å². The number of sulfonamides is 1. The average Bonchev–Trinajstić information content (AvgIpc) is 2.76. The predicted molar refractivity (Wildman–Crippen MR) is 76.2 cm³/mol. The summed E-state index contributed by atoms with van der Waals surface area (Å²) in [6.07, 6.45) is 1.19. The van der Waals surface area contributed by atoms with Crippen LogP contribution in [0.15, 0.2) is 15.2 Å². The molecule has 0 spiro atoms. The van der Waals surface area contributed by atoms with Gasteiger partial charge in [-0.05, 0) is 45.8 Å². The summed E-state index contributed by atoms with van der Waals surface area (Å²) in [7, 11) is -1.56. The van der Waals surface area contributed by atoms with Crippen LogP contribution in [-0.2, 0) is 21.3 Å². The first kappa shape index (κ1) is 14.5.